The number of rotatable bonds is 5. The lowest BCUT2D eigenvalue weighted by molar-refractivity contribution is 0.112. The van der Waals surface area contributed by atoms with Crippen LogP contribution in [0, 0.1) is 5.92 Å². The highest BCUT2D eigenvalue weighted by atomic mass is 79.9. The van der Waals surface area contributed by atoms with Gasteiger partial charge in [0.15, 0.2) is 11.5 Å². The van der Waals surface area contributed by atoms with Gasteiger partial charge in [0.1, 0.15) is 6.29 Å². The average Bonchev–Trinajstić information content (AvgIpc) is 3.09. The minimum absolute atomic E-state index is 0.582. The highest BCUT2D eigenvalue weighted by Gasteiger charge is 2.23. The second-order valence-corrected chi connectivity index (χ2v) is 4.76. The number of carbonyl (C=O) groups is 1. The summed E-state index contributed by atoms with van der Waals surface area (Å²) in [5, 5.41) is 0. The molecule has 0 amide bonds. The summed E-state index contributed by atoms with van der Waals surface area (Å²) in [6.45, 7) is 0.700. The third kappa shape index (κ3) is 2.55. The van der Waals surface area contributed by atoms with Crippen LogP contribution >= 0.6 is 15.9 Å². The van der Waals surface area contributed by atoms with Crippen molar-refractivity contribution in [3.8, 4) is 11.5 Å². The van der Waals surface area contributed by atoms with Crippen LogP contribution in [0.5, 0.6) is 11.5 Å². The number of benzene rings is 1. The van der Waals surface area contributed by atoms with Crippen molar-refractivity contribution in [1.29, 1.82) is 0 Å². The normalized spacial score (nSPS) is 14.6. The number of halogens is 1. The summed E-state index contributed by atoms with van der Waals surface area (Å²) < 4.78 is 11.6. The topological polar surface area (TPSA) is 35.5 Å². The van der Waals surface area contributed by atoms with Crippen LogP contribution in [-0.4, -0.2) is 20.0 Å². The standard InChI is InChI=1S/C12H13BrO3/c1-15-12-10(13)4-9(6-14)5-11(12)16-7-8-2-3-8/h4-6,8H,2-3,7H2,1H3. The first-order valence-corrected chi connectivity index (χ1v) is 5.99. The highest BCUT2D eigenvalue weighted by Crippen LogP contribution is 2.38. The largest absolute Gasteiger partial charge is 0.492 e. The fraction of sp³-hybridized carbons (Fsp3) is 0.417. The lowest BCUT2D eigenvalue weighted by Crippen LogP contribution is -2.02. The van der Waals surface area contributed by atoms with Gasteiger partial charge in [-0.25, -0.2) is 0 Å². The summed E-state index contributed by atoms with van der Waals surface area (Å²) in [5.41, 5.74) is 0.582. The molecule has 1 aromatic rings. The highest BCUT2D eigenvalue weighted by molar-refractivity contribution is 9.10. The number of hydrogen-bond donors (Lipinski definition) is 0. The van der Waals surface area contributed by atoms with E-state index < -0.39 is 0 Å². The Morgan fingerprint density at radius 2 is 2.25 bits per heavy atom. The lowest BCUT2D eigenvalue weighted by atomic mass is 10.2. The van der Waals surface area contributed by atoms with Crippen LogP contribution in [0.4, 0.5) is 0 Å². The van der Waals surface area contributed by atoms with Gasteiger partial charge in [0.2, 0.25) is 0 Å². The van der Waals surface area contributed by atoms with Crippen LogP contribution in [0.3, 0.4) is 0 Å². The third-order valence-electron chi connectivity index (χ3n) is 2.54. The van der Waals surface area contributed by atoms with Crippen LogP contribution in [-0.2, 0) is 0 Å². The van der Waals surface area contributed by atoms with Gasteiger partial charge in [-0.15, -0.1) is 0 Å². The van der Waals surface area contributed by atoms with Crippen LogP contribution in [0.25, 0.3) is 0 Å². The minimum Gasteiger partial charge on any atom is -0.492 e. The van der Waals surface area contributed by atoms with Crippen molar-refractivity contribution >= 4 is 22.2 Å². The van der Waals surface area contributed by atoms with Crippen molar-refractivity contribution in [3.05, 3.63) is 22.2 Å². The summed E-state index contributed by atoms with van der Waals surface area (Å²) in [7, 11) is 1.59. The molecule has 0 unspecified atom stereocenters. The summed E-state index contributed by atoms with van der Waals surface area (Å²) in [6.07, 6.45) is 3.27. The van der Waals surface area contributed by atoms with E-state index in [-0.39, 0.29) is 0 Å². The molecule has 16 heavy (non-hydrogen) atoms. The van der Waals surface area contributed by atoms with E-state index in [1.165, 1.54) is 12.8 Å². The molecule has 0 radical (unpaired) electrons. The summed E-state index contributed by atoms with van der Waals surface area (Å²) in [4.78, 5) is 10.7. The summed E-state index contributed by atoms with van der Waals surface area (Å²) >= 11 is 3.36. The summed E-state index contributed by atoms with van der Waals surface area (Å²) in [5.74, 6) is 1.94. The molecule has 86 valence electrons. The molecule has 1 aliphatic carbocycles. The molecule has 4 heteroatoms. The Kier molecular flexibility index (Phi) is 3.49. The Morgan fingerprint density at radius 1 is 1.50 bits per heavy atom. The Bertz CT molecular complexity index is 399. The molecule has 0 atom stereocenters. The van der Waals surface area contributed by atoms with Gasteiger partial charge in [-0.1, -0.05) is 0 Å². The van der Waals surface area contributed by atoms with E-state index in [0.717, 1.165) is 10.8 Å². The molecule has 0 spiro atoms. The van der Waals surface area contributed by atoms with E-state index >= 15 is 0 Å². The molecule has 0 bridgehead atoms. The molecule has 1 fully saturated rings. The van der Waals surface area contributed by atoms with Crippen molar-refractivity contribution in [2.45, 2.75) is 12.8 Å². The monoisotopic (exact) mass is 284 g/mol. The Balaban J connectivity index is 2.23. The van der Waals surface area contributed by atoms with Crippen molar-refractivity contribution in [1.82, 2.24) is 0 Å². The SMILES string of the molecule is COc1c(Br)cc(C=O)cc1OCC1CC1. The lowest BCUT2D eigenvalue weighted by Gasteiger charge is -2.12. The van der Waals surface area contributed by atoms with E-state index in [1.807, 2.05) is 0 Å². The van der Waals surface area contributed by atoms with Gasteiger partial charge in [-0.2, -0.15) is 0 Å². The number of aldehydes is 1. The summed E-state index contributed by atoms with van der Waals surface area (Å²) in [6, 6.07) is 3.43. The van der Waals surface area contributed by atoms with E-state index in [9.17, 15) is 4.79 Å². The van der Waals surface area contributed by atoms with Gasteiger partial charge in [0.05, 0.1) is 18.2 Å². The van der Waals surface area contributed by atoms with E-state index in [4.69, 9.17) is 9.47 Å². The average molecular weight is 285 g/mol. The predicted molar refractivity (Wildman–Crippen MR) is 64.3 cm³/mol. The molecule has 0 aromatic heterocycles. The van der Waals surface area contributed by atoms with Gasteiger partial charge >= 0.3 is 0 Å². The molecule has 0 heterocycles. The van der Waals surface area contributed by atoms with E-state index in [0.29, 0.717) is 29.6 Å². The molecule has 1 aliphatic rings. The zero-order valence-electron chi connectivity index (χ0n) is 9.03. The first-order valence-electron chi connectivity index (χ1n) is 5.20. The van der Waals surface area contributed by atoms with Crippen molar-refractivity contribution in [3.63, 3.8) is 0 Å². The molecule has 1 aromatic carbocycles. The van der Waals surface area contributed by atoms with Crippen molar-refractivity contribution in [2.24, 2.45) is 5.92 Å². The zero-order chi connectivity index (χ0) is 11.5. The number of hydrogen-bond acceptors (Lipinski definition) is 3. The fourth-order valence-electron chi connectivity index (χ4n) is 1.45. The predicted octanol–water partition coefficient (Wildman–Crippen LogP) is 3.06. The van der Waals surface area contributed by atoms with E-state index in [1.54, 1.807) is 19.2 Å². The van der Waals surface area contributed by atoms with Crippen LogP contribution in [0.1, 0.15) is 23.2 Å². The third-order valence-corrected chi connectivity index (χ3v) is 3.13. The minimum atomic E-state index is 0.582. The van der Waals surface area contributed by atoms with Crippen molar-refractivity contribution < 1.29 is 14.3 Å². The molecule has 0 N–H and O–H groups in total. The maximum atomic E-state index is 10.7. The van der Waals surface area contributed by atoms with Crippen LogP contribution in [0.2, 0.25) is 0 Å². The molecular formula is C12H13BrO3. The number of ether oxygens (including phenoxy) is 2. The molecular weight excluding hydrogens is 272 g/mol. The maximum Gasteiger partial charge on any atom is 0.174 e. The first kappa shape index (κ1) is 11.5. The molecule has 0 aliphatic heterocycles. The Labute approximate surface area is 103 Å². The van der Waals surface area contributed by atoms with Gasteiger partial charge in [-0.3, -0.25) is 4.79 Å². The molecule has 3 nitrogen and oxygen atoms in total. The Hall–Kier alpha value is -1.03. The Morgan fingerprint density at radius 3 is 2.81 bits per heavy atom. The van der Waals surface area contributed by atoms with Gasteiger partial charge in [0, 0.05) is 5.56 Å². The van der Waals surface area contributed by atoms with E-state index in [2.05, 4.69) is 15.9 Å². The molecule has 1 saturated carbocycles. The van der Waals surface area contributed by atoms with Gasteiger partial charge in [0.25, 0.3) is 0 Å². The maximum absolute atomic E-state index is 10.7. The van der Waals surface area contributed by atoms with Crippen LogP contribution < -0.4 is 9.47 Å². The van der Waals surface area contributed by atoms with Crippen molar-refractivity contribution in [2.75, 3.05) is 13.7 Å². The van der Waals surface area contributed by atoms with Gasteiger partial charge in [-0.05, 0) is 46.8 Å². The smallest absolute Gasteiger partial charge is 0.174 e. The first-order chi connectivity index (χ1) is 7.74. The van der Waals surface area contributed by atoms with Gasteiger partial charge < -0.3 is 9.47 Å². The van der Waals surface area contributed by atoms with Crippen LogP contribution in [0.15, 0.2) is 16.6 Å². The zero-order valence-corrected chi connectivity index (χ0v) is 10.6. The second kappa shape index (κ2) is 4.87. The second-order valence-electron chi connectivity index (χ2n) is 3.91. The molecule has 0 saturated heterocycles. The number of carbonyl (C=O) groups excluding carboxylic acids is 1. The quantitative estimate of drug-likeness (QED) is 0.780. The molecule has 2 rings (SSSR count). The number of methoxy groups -OCH3 is 1. The fourth-order valence-corrected chi connectivity index (χ4v) is 2.08.